The zero-order valence-corrected chi connectivity index (χ0v) is 70.1. The van der Waals surface area contributed by atoms with E-state index in [2.05, 4.69) is 195 Å². The first kappa shape index (κ1) is 81.7. The highest BCUT2D eigenvalue weighted by molar-refractivity contribution is 7.20. The minimum Gasteiger partial charge on any atom is -0.497 e. The zero-order valence-electron chi connectivity index (χ0n) is 65.2. The Balaban J connectivity index is 0.000000132. The Bertz CT molecular complexity index is 5240. The van der Waals surface area contributed by atoms with Crippen LogP contribution in [0.25, 0.3) is 93.5 Å². The van der Waals surface area contributed by atoms with Crippen molar-refractivity contribution in [2.75, 3.05) is 64.0 Å². The molecule has 20 heteroatoms. The molecule has 0 fully saturated rings. The summed E-state index contributed by atoms with van der Waals surface area (Å²) < 4.78 is 52.2. The van der Waals surface area contributed by atoms with E-state index in [9.17, 15) is 0 Å². The van der Waals surface area contributed by atoms with Crippen molar-refractivity contribution in [2.24, 2.45) is 0 Å². The number of nitrogens with zero attached hydrogens (tertiary/aromatic N) is 4. The van der Waals surface area contributed by atoms with Crippen LogP contribution >= 0.6 is 68.0 Å². The molecule has 0 amide bonds. The molecule has 0 radical (unpaired) electrons. The molecule has 0 aliphatic heterocycles. The molecule has 8 aromatic carbocycles. The number of hydrogen-bond donors (Lipinski definition) is 1. The highest BCUT2D eigenvalue weighted by atomic mass is 32.1. The average molecular weight is 1580 g/mol. The Kier molecular flexibility index (Phi) is 29.3. The second kappa shape index (κ2) is 39.5. The van der Waals surface area contributed by atoms with Crippen molar-refractivity contribution in [3.8, 4) is 52.0 Å². The lowest BCUT2D eigenvalue weighted by atomic mass is 10.1. The van der Waals surface area contributed by atoms with E-state index < -0.39 is 0 Å². The van der Waals surface area contributed by atoms with Gasteiger partial charge in [-0.15, -0.1) is 68.0 Å². The van der Waals surface area contributed by atoms with Crippen LogP contribution in [0, 0.1) is 62.3 Å². The normalized spacial score (nSPS) is 10.5. The summed E-state index contributed by atoms with van der Waals surface area (Å²) in [5.41, 5.74) is 8.01. The van der Waals surface area contributed by atoms with Gasteiger partial charge in [0.25, 0.3) is 0 Å². The van der Waals surface area contributed by atoms with Crippen LogP contribution < -0.4 is 42.6 Å². The molecule has 0 spiro atoms. The number of ether oxygens (including phenoxy) is 9. The standard InChI is InChI=1S/2C12H12O.C10H11NO.2C10H10OS.4C9H9NOS/c1-9-3-4-11-8-12(13-2)6-5-10(11)7-9;1-9-3-4-10-5-6-12(13-2)8-11(10)7-9;1-7-5-8-6-9(12-2)3-4-10(8)11-7;1-7-5-8-6-9(11-2)3-4-10(8)12-7;1-7-5-8-3-4-9(11-2)6-10(8)12-7;1-6-3-8-9(12-6)4-7(11-2)5-10-8;1-6-10-8-5-7(11-2)3-4-9(8)12-6;1-6-5-7-8(12-6)3-4-9(10-7)11-2;1-6-5-7-3-4-8(11-2)10-9(7)12-6/h2*3-8H,1-2H3;3-6,11H,1-2H3;2*3-6H,1-2H3;4*3-5H,1-2H3. The fraction of sp³-hybridized carbons (Fsp3) is 0.200. The number of aromatic nitrogens is 5. The molecule has 0 saturated heterocycles. The number of aromatic amines is 1. The summed E-state index contributed by atoms with van der Waals surface area (Å²) in [5, 5.41) is 11.1. The number of methoxy groups -OCH3 is 9. The molecule has 10 aromatic heterocycles. The zero-order chi connectivity index (χ0) is 78.4. The predicted molar refractivity (Wildman–Crippen MR) is 470 cm³/mol. The van der Waals surface area contributed by atoms with Gasteiger partial charge in [-0.25, -0.2) is 15.0 Å². The maximum Gasteiger partial charge on any atom is 0.214 e. The number of aryl methyl sites for hydroxylation is 9. The largest absolute Gasteiger partial charge is 0.497 e. The summed E-state index contributed by atoms with van der Waals surface area (Å²) in [6.45, 7) is 18.7. The van der Waals surface area contributed by atoms with Gasteiger partial charge in [-0.05, 0) is 234 Å². The third kappa shape index (κ3) is 22.9. The van der Waals surface area contributed by atoms with Crippen LogP contribution in [-0.4, -0.2) is 88.9 Å². The molecule has 0 aliphatic rings. The van der Waals surface area contributed by atoms with Gasteiger partial charge in [0, 0.05) is 80.0 Å². The van der Waals surface area contributed by atoms with Crippen molar-refractivity contribution < 1.29 is 42.6 Å². The van der Waals surface area contributed by atoms with Gasteiger partial charge in [-0.2, -0.15) is 0 Å². The van der Waals surface area contributed by atoms with Gasteiger partial charge >= 0.3 is 0 Å². The van der Waals surface area contributed by atoms with Crippen molar-refractivity contribution in [1.82, 2.24) is 24.9 Å². The monoisotopic (exact) mass is 1580 g/mol. The summed E-state index contributed by atoms with van der Waals surface area (Å²) >= 11 is 10.5. The van der Waals surface area contributed by atoms with Gasteiger partial charge in [0.05, 0.1) is 106 Å². The maximum atomic E-state index is 5.16. The molecule has 18 aromatic rings. The van der Waals surface area contributed by atoms with E-state index >= 15 is 0 Å². The number of rotatable bonds is 9. The second-order valence-corrected chi connectivity index (χ2v) is 32.9. The lowest BCUT2D eigenvalue weighted by Gasteiger charge is -2.02. The number of thiophene rings is 5. The minimum absolute atomic E-state index is 0.681. The van der Waals surface area contributed by atoms with E-state index in [-0.39, 0.29) is 0 Å². The Morgan fingerprint density at radius 1 is 0.255 bits per heavy atom. The smallest absolute Gasteiger partial charge is 0.214 e. The average Bonchev–Trinajstić information content (AvgIpc) is 1.82. The summed E-state index contributed by atoms with van der Waals surface area (Å²) in [4.78, 5) is 28.1. The highest BCUT2D eigenvalue weighted by Gasteiger charge is 2.07. The second-order valence-electron chi connectivity index (χ2n) is 25.2. The van der Waals surface area contributed by atoms with Crippen LogP contribution in [-0.2, 0) is 0 Å². The molecular formula is C90H91N5O9S6. The predicted octanol–water partition coefficient (Wildman–Crippen LogP) is 25.7. The number of pyridine rings is 3. The number of nitrogens with one attached hydrogen (secondary N) is 1. The molecule has 0 bridgehead atoms. The Morgan fingerprint density at radius 2 is 0.673 bits per heavy atom. The first-order chi connectivity index (χ1) is 53.1. The number of H-pyrrole nitrogens is 1. The first-order valence-electron chi connectivity index (χ1n) is 35.1. The van der Waals surface area contributed by atoms with Crippen molar-refractivity contribution in [3.05, 3.63) is 265 Å². The van der Waals surface area contributed by atoms with Crippen LogP contribution in [0.15, 0.2) is 219 Å². The van der Waals surface area contributed by atoms with Crippen molar-refractivity contribution in [3.63, 3.8) is 0 Å². The number of benzene rings is 8. The molecule has 0 saturated carbocycles. The van der Waals surface area contributed by atoms with E-state index in [1.165, 1.54) is 108 Å². The quantitative estimate of drug-likeness (QED) is 0.146. The number of thiazole rings is 1. The maximum absolute atomic E-state index is 5.16. The Morgan fingerprint density at radius 3 is 1.34 bits per heavy atom. The van der Waals surface area contributed by atoms with Gasteiger partial charge in [0.15, 0.2) is 0 Å². The van der Waals surface area contributed by atoms with E-state index in [4.69, 9.17) is 42.6 Å². The molecular weight excluding hydrogens is 1490 g/mol. The summed E-state index contributed by atoms with van der Waals surface area (Å²) in [5.74, 6) is 7.66. The first-order valence-corrected chi connectivity index (χ1v) is 40.0. The third-order valence-electron chi connectivity index (χ3n) is 16.8. The van der Waals surface area contributed by atoms with Crippen molar-refractivity contribution in [1.29, 1.82) is 0 Å². The van der Waals surface area contributed by atoms with Crippen LogP contribution in [0.1, 0.15) is 46.2 Å². The molecule has 0 unspecified atom stereocenters. The molecule has 18 rings (SSSR count). The summed E-state index contributed by atoms with van der Waals surface area (Å²) in [7, 11) is 15.0. The molecule has 110 heavy (non-hydrogen) atoms. The lowest BCUT2D eigenvalue weighted by molar-refractivity contribution is 0.399. The molecule has 566 valence electrons. The van der Waals surface area contributed by atoms with E-state index in [1.54, 1.807) is 127 Å². The van der Waals surface area contributed by atoms with Crippen LogP contribution in [0.4, 0.5) is 0 Å². The van der Waals surface area contributed by atoms with E-state index in [1.807, 2.05) is 116 Å². The van der Waals surface area contributed by atoms with Gasteiger partial charge in [0.2, 0.25) is 11.8 Å². The molecule has 10 heterocycles. The Hall–Kier alpha value is -10.8. The number of hydrogen-bond acceptors (Lipinski definition) is 19. The van der Waals surface area contributed by atoms with Gasteiger partial charge in [-0.1, -0.05) is 59.7 Å². The third-order valence-corrected chi connectivity index (χ3v) is 22.8. The Labute approximate surface area is 667 Å². The van der Waals surface area contributed by atoms with Gasteiger partial charge in [0.1, 0.15) is 45.1 Å². The van der Waals surface area contributed by atoms with Crippen LogP contribution in [0.2, 0.25) is 0 Å². The summed E-state index contributed by atoms with van der Waals surface area (Å²) in [6, 6.07) is 72.0. The van der Waals surface area contributed by atoms with E-state index in [0.717, 1.165) is 72.2 Å². The molecule has 14 nitrogen and oxygen atoms in total. The van der Waals surface area contributed by atoms with Crippen LogP contribution in [0.5, 0.6) is 52.0 Å². The SMILES string of the molecule is COc1ccc2[nH]c(C)cc2c1.COc1ccc2cc(C)ccc2c1.COc1ccc2cc(C)sc2c1.COc1ccc2cc(C)sc2n1.COc1ccc2ccc(C)cc2c1.COc1ccc2sc(C)cc2c1.COc1ccc2sc(C)cc2n1.COc1ccc2sc(C)nc2c1.COc1cnc2cc(C)sc2c1. The van der Waals surface area contributed by atoms with Gasteiger partial charge < -0.3 is 47.6 Å². The molecule has 1 N–H and O–H groups in total. The minimum atomic E-state index is 0.681. The highest BCUT2D eigenvalue weighted by Crippen LogP contribution is 2.33. The lowest BCUT2D eigenvalue weighted by Crippen LogP contribution is -1.84. The number of fused-ring (bicyclic) bond motifs is 9. The van der Waals surface area contributed by atoms with E-state index in [0.29, 0.717) is 11.8 Å². The fourth-order valence-corrected chi connectivity index (χ4v) is 16.8. The van der Waals surface area contributed by atoms with Crippen molar-refractivity contribution >= 4 is 162 Å². The molecule has 0 aliphatic carbocycles. The molecule has 0 atom stereocenters. The topological polar surface area (TPSA) is 150 Å². The summed E-state index contributed by atoms with van der Waals surface area (Å²) in [6.07, 6.45) is 1.74. The fourth-order valence-electron chi connectivity index (χ4n) is 11.4. The van der Waals surface area contributed by atoms with Crippen molar-refractivity contribution in [2.45, 2.75) is 62.3 Å². The van der Waals surface area contributed by atoms with Crippen LogP contribution in [0.3, 0.4) is 0 Å². The van der Waals surface area contributed by atoms with Gasteiger partial charge in [-0.3, -0.25) is 4.98 Å².